The summed E-state index contributed by atoms with van der Waals surface area (Å²) in [5.41, 5.74) is 1.19. The van der Waals surface area contributed by atoms with Crippen LogP contribution in [0.25, 0.3) is 0 Å². The fourth-order valence-electron chi connectivity index (χ4n) is 2.59. The SMILES string of the molecule is CN(C)[C@H](CNC(=O)c1ccc(COc2ccccc2)o1)c1ccsc1. The van der Waals surface area contributed by atoms with E-state index in [1.807, 2.05) is 49.8 Å². The first kappa shape index (κ1) is 18.2. The minimum Gasteiger partial charge on any atom is -0.486 e. The zero-order valence-corrected chi connectivity index (χ0v) is 15.7. The standard InChI is InChI=1S/C20H22N2O3S/c1-22(2)18(15-10-11-26-14-15)12-21-20(23)19-9-8-17(25-19)13-24-16-6-4-3-5-7-16/h3-11,14,18H,12-13H2,1-2H3,(H,21,23)/t18-/m1/s1. The highest BCUT2D eigenvalue weighted by Crippen LogP contribution is 2.20. The van der Waals surface area contributed by atoms with Crippen molar-refractivity contribution in [3.63, 3.8) is 0 Å². The molecule has 2 heterocycles. The van der Waals surface area contributed by atoms with Gasteiger partial charge in [-0.05, 0) is 60.8 Å². The van der Waals surface area contributed by atoms with E-state index in [4.69, 9.17) is 9.15 Å². The molecule has 1 aromatic carbocycles. The summed E-state index contributed by atoms with van der Waals surface area (Å²) in [5, 5.41) is 7.09. The van der Waals surface area contributed by atoms with Crippen molar-refractivity contribution in [1.29, 1.82) is 0 Å². The van der Waals surface area contributed by atoms with Gasteiger partial charge >= 0.3 is 0 Å². The average Bonchev–Trinajstić information content (AvgIpc) is 3.33. The van der Waals surface area contributed by atoms with Gasteiger partial charge in [0.1, 0.15) is 18.1 Å². The maximum Gasteiger partial charge on any atom is 0.287 e. The normalized spacial score (nSPS) is 12.1. The quantitative estimate of drug-likeness (QED) is 0.652. The molecule has 6 heteroatoms. The Hall–Kier alpha value is -2.57. The number of benzene rings is 1. The lowest BCUT2D eigenvalue weighted by atomic mass is 10.1. The molecule has 1 amide bonds. The van der Waals surface area contributed by atoms with Crippen molar-refractivity contribution >= 4 is 17.2 Å². The zero-order chi connectivity index (χ0) is 18.4. The molecular formula is C20H22N2O3S. The number of likely N-dealkylation sites (N-methyl/N-ethyl adjacent to an activating group) is 1. The fourth-order valence-corrected chi connectivity index (χ4v) is 3.30. The Morgan fingerprint density at radius 3 is 2.69 bits per heavy atom. The van der Waals surface area contributed by atoms with E-state index in [2.05, 4.69) is 21.7 Å². The van der Waals surface area contributed by atoms with Crippen LogP contribution in [0.3, 0.4) is 0 Å². The Labute approximate surface area is 157 Å². The number of hydrogen-bond donors (Lipinski definition) is 1. The van der Waals surface area contributed by atoms with Crippen LogP contribution in [0.15, 0.2) is 63.7 Å². The van der Waals surface area contributed by atoms with Crippen LogP contribution in [0.1, 0.15) is 27.9 Å². The van der Waals surface area contributed by atoms with Crippen LogP contribution < -0.4 is 10.1 Å². The van der Waals surface area contributed by atoms with Crippen molar-refractivity contribution in [3.05, 3.63) is 76.4 Å². The highest BCUT2D eigenvalue weighted by molar-refractivity contribution is 7.07. The van der Waals surface area contributed by atoms with E-state index in [9.17, 15) is 4.79 Å². The number of nitrogens with zero attached hydrogens (tertiary/aromatic N) is 1. The van der Waals surface area contributed by atoms with E-state index in [0.29, 0.717) is 18.1 Å². The summed E-state index contributed by atoms with van der Waals surface area (Å²) in [7, 11) is 4.00. The Kier molecular flexibility index (Phi) is 6.09. The number of furan rings is 1. The molecule has 0 radical (unpaired) electrons. The van der Waals surface area contributed by atoms with Crippen molar-refractivity contribution in [1.82, 2.24) is 10.2 Å². The van der Waals surface area contributed by atoms with Gasteiger partial charge in [0.25, 0.3) is 5.91 Å². The topological polar surface area (TPSA) is 54.7 Å². The van der Waals surface area contributed by atoms with Gasteiger partial charge in [0.05, 0.1) is 6.04 Å². The van der Waals surface area contributed by atoms with Crippen molar-refractivity contribution in [2.45, 2.75) is 12.6 Å². The number of ether oxygens (including phenoxy) is 1. The van der Waals surface area contributed by atoms with Crippen molar-refractivity contribution in [2.24, 2.45) is 0 Å². The van der Waals surface area contributed by atoms with Crippen molar-refractivity contribution < 1.29 is 13.9 Å². The summed E-state index contributed by atoms with van der Waals surface area (Å²) in [5.74, 6) is 1.44. The molecule has 2 aromatic heterocycles. The van der Waals surface area contributed by atoms with Crippen LogP contribution in [0.5, 0.6) is 5.75 Å². The van der Waals surface area contributed by atoms with E-state index in [-0.39, 0.29) is 18.6 Å². The molecule has 26 heavy (non-hydrogen) atoms. The van der Waals surface area contributed by atoms with Crippen LogP contribution in [-0.2, 0) is 6.61 Å². The second-order valence-corrected chi connectivity index (χ2v) is 6.89. The molecule has 0 bridgehead atoms. The van der Waals surface area contributed by atoms with Gasteiger partial charge in [-0.15, -0.1) is 0 Å². The summed E-state index contributed by atoms with van der Waals surface area (Å²) in [4.78, 5) is 14.5. The van der Waals surface area contributed by atoms with Crippen molar-refractivity contribution in [2.75, 3.05) is 20.6 Å². The Morgan fingerprint density at radius 2 is 2.00 bits per heavy atom. The van der Waals surface area contributed by atoms with Gasteiger partial charge in [-0.3, -0.25) is 4.79 Å². The molecule has 0 spiro atoms. The van der Waals surface area contributed by atoms with Gasteiger partial charge < -0.3 is 19.4 Å². The molecule has 0 unspecified atom stereocenters. The number of amides is 1. The van der Waals surface area contributed by atoms with Gasteiger partial charge in [-0.2, -0.15) is 11.3 Å². The van der Waals surface area contributed by atoms with Crippen molar-refractivity contribution in [3.8, 4) is 5.75 Å². The van der Waals surface area contributed by atoms with E-state index in [1.165, 1.54) is 5.56 Å². The third-order valence-electron chi connectivity index (χ3n) is 4.02. The number of thiophene rings is 1. The zero-order valence-electron chi connectivity index (χ0n) is 14.8. The lowest BCUT2D eigenvalue weighted by Gasteiger charge is -2.23. The van der Waals surface area contributed by atoms with E-state index < -0.39 is 0 Å². The molecular weight excluding hydrogens is 348 g/mol. The number of hydrogen-bond acceptors (Lipinski definition) is 5. The summed E-state index contributed by atoms with van der Waals surface area (Å²) < 4.78 is 11.2. The highest BCUT2D eigenvalue weighted by Gasteiger charge is 2.18. The first-order valence-corrected chi connectivity index (χ1v) is 9.31. The molecule has 1 N–H and O–H groups in total. The van der Waals surface area contributed by atoms with Gasteiger partial charge in [0, 0.05) is 6.54 Å². The molecule has 0 saturated carbocycles. The first-order chi connectivity index (χ1) is 12.6. The number of carbonyl (C=O) groups is 1. The Morgan fingerprint density at radius 1 is 1.19 bits per heavy atom. The molecule has 0 fully saturated rings. The van der Waals surface area contributed by atoms with Crippen LogP contribution in [0, 0.1) is 0 Å². The van der Waals surface area contributed by atoms with Gasteiger partial charge in [-0.1, -0.05) is 18.2 Å². The average molecular weight is 370 g/mol. The number of rotatable bonds is 8. The van der Waals surface area contributed by atoms with Crippen LogP contribution in [0.2, 0.25) is 0 Å². The van der Waals surface area contributed by atoms with Crippen LogP contribution in [0.4, 0.5) is 0 Å². The van der Waals surface area contributed by atoms with E-state index in [0.717, 1.165) is 5.75 Å². The third kappa shape index (κ3) is 4.74. The lowest BCUT2D eigenvalue weighted by molar-refractivity contribution is 0.0910. The minimum atomic E-state index is -0.224. The Balaban J connectivity index is 1.54. The first-order valence-electron chi connectivity index (χ1n) is 8.37. The summed E-state index contributed by atoms with van der Waals surface area (Å²) in [6.45, 7) is 0.797. The lowest BCUT2D eigenvalue weighted by Crippen LogP contribution is -2.34. The monoisotopic (exact) mass is 370 g/mol. The number of nitrogens with one attached hydrogen (secondary N) is 1. The summed E-state index contributed by atoms with van der Waals surface area (Å²) in [6, 6.07) is 15.1. The van der Waals surface area contributed by atoms with Crippen LogP contribution in [-0.4, -0.2) is 31.4 Å². The molecule has 3 aromatic rings. The molecule has 3 rings (SSSR count). The number of carbonyl (C=O) groups excluding carboxylic acids is 1. The van der Waals surface area contributed by atoms with Crippen LogP contribution >= 0.6 is 11.3 Å². The minimum absolute atomic E-state index is 0.126. The molecule has 0 aliphatic heterocycles. The largest absolute Gasteiger partial charge is 0.486 e. The van der Waals surface area contributed by atoms with Gasteiger partial charge in [0.15, 0.2) is 5.76 Å². The van der Waals surface area contributed by atoms with E-state index in [1.54, 1.807) is 23.5 Å². The summed E-state index contributed by atoms with van der Waals surface area (Å²) >= 11 is 1.65. The molecule has 0 aliphatic carbocycles. The molecule has 0 aliphatic rings. The predicted molar refractivity (Wildman–Crippen MR) is 103 cm³/mol. The maximum atomic E-state index is 12.4. The molecule has 1 atom stereocenters. The van der Waals surface area contributed by atoms with Gasteiger partial charge in [0.2, 0.25) is 0 Å². The second kappa shape index (κ2) is 8.69. The molecule has 0 saturated heterocycles. The predicted octanol–water partition coefficient (Wildman–Crippen LogP) is 3.95. The molecule has 136 valence electrons. The Bertz CT molecular complexity index is 813. The maximum absolute atomic E-state index is 12.4. The fraction of sp³-hybridized carbons (Fsp3) is 0.250. The smallest absolute Gasteiger partial charge is 0.287 e. The highest BCUT2D eigenvalue weighted by atomic mass is 32.1. The summed E-state index contributed by atoms with van der Waals surface area (Å²) in [6.07, 6.45) is 0. The second-order valence-electron chi connectivity index (χ2n) is 6.11. The van der Waals surface area contributed by atoms with Gasteiger partial charge in [-0.25, -0.2) is 0 Å². The number of para-hydroxylation sites is 1. The van der Waals surface area contributed by atoms with E-state index >= 15 is 0 Å². The molecule has 5 nitrogen and oxygen atoms in total. The third-order valence-corrected chi connectivity index (χ3v) is 4.72.